The summed E-state index contributed by atoms with van der Waals surface area (Å²) in [6.45, 7) is 4.82. The molecule has 0 atom stereocenters. The van der Waals surface area contributed by atoms with Gasteiger partial charge in [0.1, 0.15) is 0 Å². The molecule has 0 aliphatic heterocycles. The quantitative estimate of drug-likeness (QED) is 0.128. The summed E-state index contributed by atoms with van der Waals surface area (Å²) in [4.78, 5) is 4.73. The molecule has 0 spiro atoms. The van der Waals surface area contributed by atoms with Crippen molar-refractivity contribution in [3.05, 3.63) is 321 Å². The molecule has 3 heteroatoms. The number of anilines is 6. The predicted molar refractivity (Wildman–Crippen MR) is 347 cm³/mol. The van der Waals surface area contributed by atoms with Crippen LogP contribution in [0.3, 0.4) is 0 Å². The smallest absolute Gasteiger partial charge is 0.0620 e. The predicted octanol–water partition coefficient (Wildman–Crippen LogP) is 21.9. The molecule has 1 heterocycles. The fourth-order valence-corrected chi connectivity index (χ4v) is 13.0. The summed E-state index contributed by atoms with van der Waals surface area (Å²) in [6, 6.07) is 113. The van der Waals surface area contributed by atoms with Gasteiger partial charge in [-0.15, -0.1) is 0 Å². The van der Waals surface area contributed by atoms with E-state index in [0.29, 0.717) is 0 Å². The van der Waals surface area contributed by atoms with Gasteiger partial charge in [0.05, 0.1) is 11.2 Å². The first-order chi connectivity index (χ1) is 40.4. The van der Waals surface area contributed by atoms with Crippen LogP contribution in [-0.2, 0) is 5.41 Å². The number of fused-ring (bicyclic) bond motifs is 7. The minimum absolute atomic E-state index is 0.315. The summed E-state index contributed by atoms with van der Waals surface area (Å²) in [5.74, 6) is 0. The first-order valence-corrected chi connectivity index (χ1v) is 28.4. The van der Waals surface area contributed by atoms with Gasteiger partial charge in [0.25, 0.3) is 0 Å². The van der Waals surface area contributed by atoms with Gasteiger partial charge in [0.2, 0.25) is 0 Å². The van der Waals surface area contributed by atoms with Gasteiger partial charge in [-0.05, 0) is 169 Å². The summed E-state index contributed by atoms with van der Waals surface area (Å²) in [5.41, 5.74) is 23.4. The number of hydrogen-bond acceptors (Lipinski definition) is 2. The molecule has 1 aliphatic carbocycles. The second-order valence-electron chi connectivity index (χ2n) is 22.1. The molecule has 0 amide bonds. The maximum atomic E-state index is 2.53. The fraction of sp³-hybridized carbons (Fsp3) is 0.0380. The number of rotatable bonds is 11. The highest BCUT2D eigenvalue weighted by molar-refractivity contribution is 6.20. The maximum Gasteiger partial charge on any atom is 0.0620 e. The molecule has 3 nitrogen and oxygen atoms in total. The van der Waals surface area contributed by atoms with Crippen LogP contribution in [0, 0.1) is 0 Å². The van der Waals surface area contributed by atoms with Gasteiger partial charge in [0.15, 0.2) is 0 Å². The van der Waals surface area contributed by atoms with E-state index in [9.17, 15) is 0 Å². The van der Waals surface area contributed by atoms with Crippen molar-refractivity contribution >= 4 is 66.6 Å². The Labute approximate surface area is 479 Å². The van der Waals surface area contributed by atoms with E-state index >= 15 is 0 Å². The summed E-state index contributed by atoms with van der Waals surface area (Å²) in [6.07, 6.45) is 0. The minimum Gasteiger partial charge on any atom is -0.311 e. The van der Waals surface area contributed by atoms with Crippen LogP contribution < -0.4 is 9.80 Å². The average Bonchev–Trinajstić information content (AvgIpc) is 3.56. The first-order valence-electron chi connectivity index (χ1n) is 28.4. The van der Waals surface area contributed by atoms with Gasteiger partial charge in [-0.25, -0.2) is 0 Å². The van der Waals surface area contributed by atoms with E-state index < -0.39 is 0 Å². The summed E-state index contributed by atoms with van der Waals surface area (Å²) >= 11 is 0. The highest BCUT2D eigenvalue weighted by atomic mass is 15.2. The normalized spacial score (nSPS) is 12.4. The van der Waals surface area contributed by atoms with Crippen molar-refractivity contribution in [3.63, 3.8) is 0 Å². The Balaban J connectivity index is 0.871. The second kappa shape index (κ2) is 20.0. The van der Waals surface area contributed by atoms with Gasteiger partial charge in [0, 0.05) is 61.6 Å². The molecular weight excluding hydrogens is 991 g/mol. The monoisotopic (exact) mass is 1050 g/mol. The van der Waals surface area contributed by atoms with Crippen LogP contribution in [0.5, 0.6) is 0 Å². The second-order valence-corrected chi connectivity index (χ2v) is 22.1. The Kier molecular flexibility index (Phi) is 11.9. The number of aromatic nitrogens is 1. The summed E-state index contributed by atoms with van der Waals surface area (Å²) < 4.78 is 2.53. The van der Waals surface area contributed by atoms with Crippen molar-refractivity contribution in [3.8, 4) is 61.5 Å². The zero-order chi connectivity index (χ0) is 54.7. The van der Waals surface area contributed by atoms with Gasteiger partial charge in [-0.1, -0.05) is 226 Å². The molecule has 15 rings (SSSR count). The minimum atomic E-state index is -0.315. The van der Waals surface area contributed by atoms with E-state index in [1.807, 2.05) is 0 Å². The molecule has 13 aromatic carbocycles. The lowest BCUT2D eigenvalue weighted by atomic mass is 9.81. The lowest BCUT2D eigenvalue weighted by Crippen LogP contribution is -2.17. The molecule has 0 fully saturated rings. The molecule has 0 bridgehead atoms. The van der Waals surface area contributed by atoms with Crippen molar-refractivity contribution in [1.82, 2.24) is 4.57 Å². The van der Waals surface area contributed by atoms with Crippen LogP contribution in [0.1, 0.15) is 25.0 Å². The van der Waals surface area contributed by atoms with E-state index in [-0.39, 0.29) is 5.41 Å². The van der Waals surface area contributed by atoms with Crippen molar-refractivity contribution in [1.29, 1.82) is 0 Å². The highest BCUT2D eigenvalue weighted by Gasteiger charge is 2.37. The Morgan fingerprint density at radius 3 is 1.34 bits per heavy atom. The molecule has 0 saturated carbocycles. The molecular formula is C79H57N3. The summed E-state index contributed by atoms with van der Waals surface area (Å²) in [7, 11) is 0. The third-order valence-corrected chi connectivity index (χ3v) is 16.9. The van der Waals surface area contributed by atoms with E-state index in [2.05, 4.69) is 338 Å². The van der Waals surface area contributed by atoms with Crippen LogP contribution in [0.2, 0.25) is 0 Å². The maximum absolute atomic E-state index is 2.53. The Morgan fingerprint density at radius 1 is 0.280 bits per heavy atom. The van der Waals surface area contributed by atoms with Crippen molar-refractivity contribution in [2.45, 2.75) is 19.3 Å². The molecule has 14 aromatic rings. The molecule has 0 N–H and O–H groups in total. The molecule has 82 heavy (non-hydrogen) atoms. The molecule has 1 aliphatic rings. The van der Waals surface area contributed by atoms with Crippen LogP contribution in [0.15, 0.2) is 309 Å². The Morgan fingerprint density at radius 2 is 0.720 bits per heavy atom. The SMILES string of the molecule is CC1(C)c2cc(-c3cc4c(-c5ccccc5)c(-c5ccccc5)n(-c5ccc6ccccc6c5)c4c4ccccc34)ccc2-c2ccc(N(c3ccc(-c4ccccc4)cc3)c3ccc(N(c4ccccc4)c4ccccc4)cc3)cc21. The number of nitrogens with zero attached hydrogens (tertiary/aromatic N) is 3. The first kappa shape index (κ1) is 48.6. The molecule has 388 valence electrons. The fourth-order valence-electron chi connectivity index (χ4n) is 13.0. The van der Waals surface area contributed by atoms with E-state index in [4.69, 9.17) is 0 Å². The Bertz CT molecular complexity index is 4620. The van der Waals surface area contributed by atoms with Crippen LogP contribution >= 0.6 is 0 Å². The number of benzene rings is 13. The van der Waals surface area contributed by atoms with Crippen LogP contribution in [0.25, 0.3) is 93.9 Å². The number of para-hydroxylation sites is 2. The van der Waals surface area contributed by atoms with E-state index in [0.717, 1.165) is 39.8 Å². The van der Waals surface area contributed by atoms with Gasteiger partial charge < -0.3 is 14.4 Å². The third-order valence-electron chi connectivity index (χ3n) is 16.9. The average molecular weight is 1050 g/mol. The third kappa shape index (κ3) is 8.28. The van der Waals surface area contributed by atoms with Crippen LogP contribution in [0.4, 0.5) is 34.1 Å². The molecule has 0 unspecified atom stereocenters. The Hall–Kier alpha value is -10.5. The van der Waals surface area contributed by atoms with E-state index in [1.165, 1.54) is 99.3 Å². The molecule has 0 saturated heterocycles. The van der Waals surface area contributed by atoms with Gasteiger partial charge in [-0.2, -0.15) is 0 Å². The van der Waals surface area contributed by atoms with Crippen LogP contribution in [-0.4, -0.2) is 4.57 Å². The van der Waals surface area contributed by atoms with Crippen molar-refractivity contribution < 1.29 is 0 Å². The molecule has 0 radical (unpaired) electrons. The largest absolute Gasteiger partial charge is 0.311 e. The molecule has 1 aromatic heterocycles. The number of hydrogen-bond donors (Lipinski definition) is 0. The zero-order valence-corrected chi connectivity index (χ0v) is 45.8. The van der Waals surface area contributed by atoms with Gasteiger partial charge >= 0.3 is 0 Å². The van der Waals surface area contributed by atoms with E-state index in [1.54, 1.807) is 0 Å². The van der Waals surface area contributed by atoms with Crippen molar-refractivity contribution in [2.75, 3.05) is 9.80 Å². The lowest BCUT2D eigenvalue weighted by Gasteiger charge is -2.29. The summed E-state index contributed by atoms with van der Waals surface area (Å²) in [5, 5.41) is 6.10. The zero-order valence-electron chi connectivity index (χ0n) is 45.8. The highest BCUT2D eigenvalue weighted by Crippen LogP contribution is 2.54. The van der Waals surface area contributed by atoms with Gasteiger partial charge in [-0.3, -0.25) is 0 Å². The standard InChI is InChI=1S/C79H57N3/c1-79(2)74-51-60(72-53-73-76(57-25-10-4-11-26-57)77(58-27-12-5-13-28-58)82(78(73)71-35-21-20-34-68(71)72)66-42-38-55-24-18-19-29-59(55)50-66)39-48-69(74)70-49-47-67(52-75(70)79)81(63-40-36-56(37-41-63)54-22-8-3-9-23-54)65-45-43-64(44-46-65)80(61-30-14-6-15-31-61)62-32-16-7-17-33-62/h3-53H,1-2H3. The topological polar surface area (TPSA) is 11.4 Å². The van der Waals surface area contributed by atoms with Crippen molar-refractivity contribution in [2.24, 2.45) is 0 Å². The lowest BCUT2D eigenvalue weighted by molar-refractivity contribution is 0.660.